The van der Waals surface area contributed by atoms with Crippen molar-refractivity contribution in [2.24, 2.45) is 0 Å². The van der Waals surface area contributed by atoms with Gasteiger partial charge in [-0.25, -0.2) is 4.79 Å². The van der Waals surface area contributed by atoms with E-state index >= 15 is 0 Å². The number of rotatable bonds is 3. The van der Waals surface area contributed by atoms with Crippen LogP contribution in [-0.2, 0) is 27.1 Å². The van der Waals surface area contributed by atoms with E-state index in [9.17, 15) is 9.59 Å². The zero-order valence-electron chi connectivity index (χ0n) is 13.5. The lowest BCUT2D eigenvalue weighted by Gasteiger charge is -2.30. The number of ether oxygens (including phenoxy) is 2. The summed E-state index contributed by atoms with van der Waals surface area (Å²) in [6, 6.07) is 5.72. The average molecular weight is 317 g/mol. The monoisotopic (exact) mass is 317 g/mol. The molecule has 0 spiro atoms. The molecule has 0 N–H and O–H groups in total. The molecule has 5 heteroatoms. The standard InChI is InChI=1S/C18H23NO4/c1-13-11-19(8-9-22-13)17(20)12-23-18(21)16-7-6-14-4-2-3-5-15(14)10-16/h6-7,10,13H,2-5,8-9,11-12H2,1H3. The number of amides is 1. The van der Waals surface area contributed by atoms with Gasteiger partial charge in [-0.2, -0.15) is 0 Å². The van der Waals surface area contributed by atoms with Crippen LogP contribution in [0.15, 0.2) is 18.2 Å². The number of carbonyl (C=O) groups excluding carboxylic acids is 2. The molecule has 1 fully saturated rings. The summed E-state index contributed by atoms with van der Waals surface area (Å²) in [5.41, 5.74) is 3.10. The van der Waals surface area contributed by atoms with Gasteiger partial charge in [-0.05, 0) is 55.9 Å². The number of benzene rings is 1. The molecule has 1 aromatic carbocycles. The van der Waals surface area contributed by atoms with E-state index in [0.29, 0.717) is 25.3 Å². The molecular formula is C18H23NO4. The minimum Gasteiger partial charge on any atom is -0.452 e. The number of nitrogens with zero attached hydrogens (tertiary/aromatic N) is 1. The van der Waals surface area contributed by atoms with Crippen molar-refractivity contribution >= 4 is 11.9 Å². The lowest BCUT2D eigenvalue weighted by molar-refractivity contribution is -0.141. The second kappa shape index (κ2) is 7.13. The largest absolute Gasteiger partial charge is 0.452 e. The van der Waals surface area contributed by atoms with Crippen LogP contribution in [0.2, 0.25) is 0 Å². The van der Waals surface area contributed by atoms with Gasteiger partial charge < -0.3 is 14.4 Å². The molecule has 1 saturated heterocycles. The maximum Gasteiger partial charge on any atom is 0.338 e. The van der Waals surface area contributed by atoms with Crippen molar-refractivity contribution in [3.05, 3.63) is 34.9 Å². The summed E-state index contributed by atoms with van der Waals surface area (Å²) in [4.78, 5) is 26.0. The number of morpholine rings is 1. The van der Waals surface area contributed by atoms with Crippen LogP contribution in [-0.4, -0.2) is 49.2 Å². The first-order chi connectivity index (χ1) is 11.1. The fourth-order valence-corrected chi connectivity index (χ4v) is 3.21. The number of fused-ring (bicyclic) bond motifs is 1. The summed E-state index contributed by atoms with van der Waals surface area (Å²) in [5, 5.41) is 0. The van der Waals surface area contributed by atoms with Crippen molar-refractivity contribution < 1.29 is 19.1 Å². The highest BCUT2D eigenvalue weighted by Gasteiger charge is 2.22. The molecule has 0 radical (unpaired) electrons. The molecule has 0 bridgehead atoms. The van der Waals surface area contributed by atoms with E-state index in [0.717, 1.165) is 12.8 Å². The second-order valence-corrected chi connectivity index (χ2v) is 6.29. The lowest BCUT2D eigenvalue weighted by Crippen LogP contribution is -2.46. The average Bonchev–Trinajstić information content (AvgIpc) is 2.59. The Morgan fingerprint density at radius 2 is 2.04 bits per heavy atom. The van der Waals surface area contributed by atoms with Crippen LogP contribution in [0.5, 0.6) is 0 Å². The summed E-state index contributed by atoms with van der Waals surface area (Å²) in [6.07, 6.45) is 4.51. The zero-order chi connectivity index (χ0) is 16.2. The van der Waals surface area contributed by atoms with E-state index < -0.39 is 5.97 Å². The molecule has 1 amide bonds. The first-order valence-electron chi connectivity index (χ1n) is 8.32. The van der Waals surface area contributed by atoms with E-state index in [1.807, 2.05) is 19.1 Å². The highest BCUT2D eigenvalue weighted by atomic mass is 16.5. The van der Waals surface area contributed by atoms with Gasteiger partial charge in [0.2, 0.25) is 0 Å². The minimum atomic E-state index is -0.423. The smallest absolute Gasteiger partial charge is 0.338 e. The van der Waals surface area contributed by atoms with E-state index in [4.69, 9.17) is 9.47 Å². The number of hydrogen-bond donors (Lipinski definition) is 0. The first kappa shape index (κ1) is 16.0. The molecule has 0 saturated carbocycles. The van der Waals surface area contributed by atoms with Crippen LogP contribution < -0.4 is 0 Å². The van der Waals surface area contributed by atoms with Crippen LogP contribution in [0, 0.1) is 0 Å². The fourth-order valence-electron chi connectivity index (χ4n) is 3.21. The van der Waals surface area contributed by atoms with Gasteiger partial charge in [0.25, 0.3) is 5.91 Å². The zero-order valence-corrected chi connectivity index (χ0v) is 13.5. The van der Waals surface area contributed by atoms with Gasteiger partial charge in [0.1, 0.15) is 0 Å². The summed E-state index contributed by atoms with van der Waals surface area (Å²) >= 11 is 0. The highest BCUT2D eigenvalue weighted by Crippen LogP contribution is 2.22. The van der Waals surface area contributed by atoms with E-state index in [1.165, 1.54) is 24.0 Å². The van der Waals surface area contributed by atoms with Crippen LogP contribution in [0.1, 0.15) is 41.3 Å². The molecule has 1 atom stereocenters. The van der Waals surface area contributed by atoms with Crippen molar-refractivity contribution in [3.8, 4) is 0 Å². The molecule has 1 aliphatic heterocycles. The Bertz CT molecular complexity index is 599. The third kappa shape index (κ3) is 3.91. The van der Waals surface area contributed by atoms with E-state index in [1.54, 1.807) is 11.0 Å². The number of carbonyl (C=O) groups is 2. The Hall–Kier alpha value is -1.88. The first-order valence-corrected chi connectivity index (χ1v) is 8.32. The molecule has 1 unspecified atom stereocenters. The second-order valence-electron chi connectivity index (χ2n) is 6.29. The van der Waals surface area contributed by atoms with Gasteiger partial charge >= 0.3 is 5.97 Å². The molecule has 124 valence electrons. The Labute approximate surface area is 136 Å². The van der Waals surface area contributed by atoms with Gasteiger partial charge in [-0.1, -0.05) is 6.07 Å². The van der Waals surface area contributed by atoms with Crippen molar-refractivity contribution in [2.45, 2.75) is 38.7 Å². The third-order valence-corrected chi connectivity index (χ3v) is 4.50. The highest BCUT2D eigenvalue weighted by molar-refractivity contribution is 5.91. The van der Waals surface area contributed by atoms with Gasteiger partial charge in [-0.3, -0.25) is 4.79 Å². The SMILES string of the molecule is CC1CN(C(=O)COC(=O)c2ccc3c(c2)CCCC3)CCO1. The summed E-state index contributed by atoms with van der Waals surface area (Å²) in [7, 11) is 0. The predicted octanol–water partition coefficient (Wildman–Crippen LogP) is 1.97. The number of aryl methyl sites for hydroxylation is 2. The summed E-state index contributed by atoms with van der Waals surface area (Å²) < 4.78 is 10.6. The van der Waals surface area contributed by atoms with E-state index in [-0.39, 0.29) is 18.6 Å². The maximum absolute atomic E-state index is 12.2. The number of hydrogen-bond acceptors (Lipinski definition) is 4. The Morgan fingerprint density at radius 3 is 2.83 bits per heavy atom. The number of esters is 1. The molecule has 3 rings (SSSR count). The topological polar surface area (TPSA) is 55.8 Å². The molecule has 2 aliphatic rings. The van der Waals surface area contributed by atoms with Crippen LogP contribution in [0.3, 0.4) is 0 Å². The predicted molar refractivity (Wildman–Crippen MR) is 85.4 cm³/mol. The summed E-state index contributed by atoms with van der Waals surface area (Å²) in [6.45, 7) is 3.36. The molecule has 1 heterocycles. The van der Waals surface area contributed by atoms with Crippen LogP contribution in [0.25, 0.3) is 0 Å². The molecule has 5 nitrogen and oxygen atoms in total. The van der Waals surface area contributed by atoms with Gasteiger partial charge in [0.05, 0.1) is 18.3 Å². The van der Waals surface area contributed by atoms with Crippen molar-refractivity contribution in [1.82, 2.24) is 4.90 Å². The van der Waals surface area contributed by atoms with E-state index in [2.05, 4.69) is 0 Å². The summed E-state index contributed by atoms with van der Waals surface area (Å²) in [5.74, 6) is -0.584. The van der Waals surface area contributed by atoms with Gasteiger partial charge in [0, 0.05) is 13.1 Å². The molecule has 1 aromatic rings. The van der Waals surface area contributed by atoms with Crippen LogP contribution >= 0.6 is 0 Å². The maximum atomic E-state index is 12.2. The van der Waals surface area contributed by atoms with Crippen molar-refractivity contribution in [1.29, 1.82) is 0 Å². The normalized spacial score (nSPS) is 20.7. The molecule has 23 heavy (non-hydrogen) atoms. The quantitative estimate of drug-likeness (QED) is 0.800. The molecular weight excluding hydrogens is 294 g/mol. The fraction of sp³-hybridized carbons (Fsp3) is 0.556. The molecule has 0 aromatic heterocycles. The van der Waals surface area contributed by atoms with Crippen molar-refractivity contribution in [3.63, 3.8) is 0 Å². The minimum absolute atomic E-state index is 0.0315. The van der Waals surface area contributed by atoms with Gasteiger partial charge in [-0.15, -0.1) is 0 Å². The third-order valence-electron chi connectivity index (χ3n) is 4.50. The Balaban J connectivity index is 1.55. The Kier molecular flexibility index (Phi) is 4.96. The van der Waals surface area contributed by atoms with Crippen LogP contribution in [0.4, 0.5) is 0 Å². The van der Waals surface area contributed by atoms with Gasteiger partial charge in [0.15, 0.2) is 6.61 Å². The lowest BCUT2D eigenvalue weighted by atomic mass is 9.90. The molecule has 1 aliphatic carbocycles. The van der Waals surface area contributed by atoms with Crippen molar-refractivity contribution in [2.75, 3.05) is 26.3 Å². The Morgan fingerprint density at radius 1 is 1.26 bits per heavy atom.